The third kappa shape index (κ3) is 5.22. The van der Waals surface area contributed by atoms with Gasteiger partial charge < -0.3 is 19.8 Å². The van der Waals surface area contributed by atoms with E-state index in [0.29, 0.717) is 27.9 Å². The number of aryl methyl sites for hydroxylation is 1. The van der Waals surface area contributed by atoms with Crippen LogP contribution in [0.4, 0.5) is 11.4 Å². The Morgan fingerprint density at radius 1 is 1.07 bits per heavy atom. The Labute approximate surface area is 171 Å². The maximum atomic E-state index is 12.5. The molecule has 0 saturated carbocycles. The van der Waals surface area contributed by atoms with Gasteiger partial charge in [0.2, 0.25) is 11.8 Å². The van der Waals surface area contributed by atoms with Crippen molar-refractivity contribution >= 4 is 45.8 Å². The molecule has 150 valence electrons. The van der Waals surface area contributed by atoms with E-state index in [4.69, 9.17) is 20.8 Å². The van der Waals surface area contributed by atoms with Crippen LogP contribution in [0.15, 0.2) is 51.7 Å². The summed E-state index contributed by atoms with van der Waals surface area (Å²) < 4.78 is 9.97. The second kappa shape index (κ2) is 8.89. The lowest BCUT2D eigenvalue weighted by atomic mass is 10.1. The van der Waals surface area contributed by atoms with Gasteiger partial charge in [0.05, 0.1) is 17.1 Å². The maximum absolute atomic E-state index is 12.5. The molecule has 3 rings (SSSR count). The number of carbonyl (C=O) groups excluding carboxylic acids is 2. The van der Waals surface area contributed by atoms with E-state index in [1.54, 1.807) is 18.2 Å². The Hall–Kier alpha value is -3.16. The fourth-order valence-electron chi connectivity index (χ4n) is 2.87. The summed E-state index contributed by atoms with van der Waals surface area (Å²) in [6.07, 6.45) is -0.00485. The van der Waals surface area contributed by atoms with Crippen molar-refractivity contribution in [3.63, 3.8) is 0 Å². The highest BCUT2D eigenvalue weighted by Crippen LogP contribution is 2.26. The molecule has 0 radical (unpaired) electrons. The summed E-state index contributed by atoms with van der Waals surface area (Å²) >= 11 is 6.17. The number of hydrogen-bond donors (Lipinski definition) is 2. The second-order valence-corrected chi connectivity index (χ2v) is 6.90. The lowest BCUT2D eigenvalue weighted by Crippen LogP contribution is -2.18. The van der Waals surface area contributed by atoms with Crippen molar-refractivity contribution in [3.05, 3.63) is 69.0 Å². The molecule has 2 N–H and O–H groups in total. The van der Waals surface area contributed by atoms with Gasteiger partial charge in [-0.25, -0.2) is 4.79 Å². The summed E-state index contributed by atoms with van der Waals surface area (Å²) in [4.78, 5) is 35.9. The first kappa shape index (κ1) is 20.6. The van der Waals surface area contributed by atoms with Crippen LogP contribution in [-0.4, -0.2) is 25.5 Å². The molecule has 0 spiro atoms. The number of halogens is 1. The summed E-state index contributed by atoms with van der Waals surface area (Å²) in [5.74, 6) is -0.652. The number of fused-ring (bicyclic) bond motifs is 1. The minimum atomic E-state index is -0.509. The van der Waals surface area contributed by atoms with Gasteiger partial charge in [-0.05, 0) is 42.3 Å². The number of benzene rings is 2. The van der Waals surface area contributed by atoms with Gasteiger partial charge in [-0.2, -0.15) is 0 Å². The van der Waals surface area contributed by atoms with Gasteiger partial charge in [-0.1, -0.05) is 23.7 Å². The van der Waals surface area contributed by atoms with Gasteiger partial charge in [0, 0.05) is 24.2 Å². The monoisotopic (exact) mass is 414 g/mol. The van der Waals surface area contributed by atoms with Crippen molar-refractivity contribution in [2.24, 2.45) is 0 Å². The molecule has 0 aliphatic carbocycles. The van der Waals surface area contributed by atoms with Crippen LogP contribution in [0, 0.1) is 6.92 Å². The number of nitrogens with one attached hydrogen (secondary N) is 2. The van der Waals surface area contributed by atoms with Crippen LogP contribution in [0.25, 0.3) is 11.0 Å². The number of rotatable bonds is 6. The number of methoxy groups -OCH3 is 1. The number of carbonyl (C=O) groups is 2. The molecule has 2 aromatic carbocycles. The van der Waals surface area contributed by atoms with E-state index in [1.165, 1.54) is 19.2 Å². The molecule has 0 saturated heterocycles. The molecule has 0 unspecified atom stereocenters. The van der Waals surface area contributed by atoms with Gasteiger partial charge in [0.25, 0.3) is 0 Å². The van der Waals surface area contributed by atoms with E-state index in [0.717, 1.165) is 5.56 Å². The molecule has 0 atom stereocenters. The minimum absolute atomic E-state index is 0.00485. The summed E-state index contributed by atoms with van der Waals surface area (Å²) in [6.45, 7) is 1.80. The standard InChI is InChI=1S/C21H19ClN2O5/c1-12-3-5-15-13(9-21(27)29-18(15)7-12)8-19(25)23-14-4-6-17(16(22)10-14)24-20(26)11-28-2/h3-7,9-10H,8,11H2,1-2H3,(H,23,25)(H,24,26). The van der Waals surface area contributed by atoms with Crippen LogP contribution >= 0.6 is 11.6 Å². The molecule has 0 bridgehead atoms. The van der Waals surface area contributed by atoms with Gasteiger partial charge in [0.1, 0.15) is 12.2 Å². The lowest BCUT2D eigenvalue weighted by molar-refractivity contribution is -0.119. The van der Waals surface area contributed by atoms with Crippen molar-refractivity contribution in [2.45, 2.75) is 13.3 Å². The fraction of sp³-hybridized carbons (Fsp3) is 0.190. The molecule has 1 heterocycles. The molecule has 7 nitrogen and oxygen atoms in total. The van der Waals surface area contributed by atoms with Crippen LogP contribution in [-0.2, 0) is 20.7 Å². The van der Waals surface area contributed by atoms with Crippen molar-refractivity contribution in [1.82, 2.24) is 0 Å². The highest BCUT2D eigenvalue weighted by atomic mass is 35.5. The summed E-state index contributed by atoms with van der Waals surface area (Å²) in [6, 6.07) is 11.5. The van der Waals surface area contributed by atoms with Crippen molar-refractivity contribution in [3.8, 4) is 0 Å². The van der Waals surface area contributed by atoms with Gasteiger partial charge in [0.15, 0.2) is 0 Å². The van der Waals surface area contributed by atoms with Crippen LogP contribution < -0.4 is 16.3 Å². The number of anilines is 2. The van der Waals surface area contributed by atoms with Crippen molar-refractivity contribution in [2.75, 3.05) is 24.4 Å². The van der Waals surface area contributed by atoms with Crippen LogP contribution in [0.5, 0.6) is 0 Å². The SMILES string of the molecule is COCC(=O)Nc1ccc(NC(=O)Cc2cc(=O)oc3cc(C)ccc23)cc1Cl. The third-order valence-corrected chi connectivity index (χ3v) is 4.45. The van der Waals surface area contributed by atoms with Crippen LogP contribution in [0.3, 0.4) is 0 Å². The van der Waals surface area contributed by atoms with Crippen LogP contribution in [0.2, 0.25) is 5.02 Å². The number of ether oxygens (including phenoxy) is 1. The molecule has 0 aliphatic heterocycles. The van der Waals surface area contributed by atoms with E-state index in [9.17, 15) is 14.4 Å². The summed E-state index contributed by atoms with van der Waals surface area (Å²) in [5, 5.41) is 6.33. The minimum Gasteiger partial charge on any atom is -0.423 e. The summed E-state index contributed by atoms with van der Waals surface area (Å²) in [5.41, 5.74) is 2.34. The van der Waals surface area contributed by atoms with E-state index in [1.807, 2.05) is 19.1 Å². The highest BCUT2D eigenvalue weighted by molar-refractivity contribution is 6.34. The highest BCUT2D eigenvalue weighted by Gasteiger charge is 2.12. The Kier molecular flexibility index (Phi) is 6.31. The molecular formula is C21H19ClN2O5. The molecule has 8 heteroatoms. The molecule has 2 amide bonds. The third-order valence-electron chi connectivity index (χ3n) is 4.14. The zero-order valence-electron chi connectivity index (χ0n) is 15.9. The topological polar surface area (TPSA) is 97.6 Å². The smallest absolute Gasteiger partial charge is 0.336 e. The Morgan fingerprint density at radius 3 is 2.59 bits per heavy atom. The molecule has 29 heavy (non-hydrogen) atoms. The molecule has 3 aromatic rings. The molecular weight excluding hydrogens is 396 g/mol. The fourth-order valence-corrected chi connectivity index (χ4v) is 3.10. The predicted molar refractivity (Wildman–Crippen MR) is 112 cm³/mol. The normalized spacial score (nSPS) is 10.7. The van der Waals surface area contributed by atoms with E-state index in [-0.39, 0.29) is 29.9 Å². The Morgan fingerprint density at radius 2 is 1.86 bits per heavy atom. The maximum Gasteiger partial charge on any atom is 0.336 e. The summed E-state index contributed by atoms with van der Waals surface area (Å²) in [7, 11) is 1.42. The first-order valence-electron chi connectivity index (χ1n) is 8.77. The van der Waals surface area contributed by atoms with Crippen molar-refractivity contribution < 1.29 is 18.7 Å². The average Bonchev–Trinajstić information content (AvgIpc) is 2.63. The van der Waals surface area contributed by atoms with Gasteiger partial charge in [-0.15, -0.1) is 0 Å². The zero-order valence-corrected chi connectivity index (χ0v) is 16.6. The quantitative estimate of drug-likeness (QED) is 0.601. The predicted octanol–water partition coefficient (Wildman–Crippen LogP) is 3.52. The van der Waals surface area contributed by atoms with E-state index >= 15 is 0 Å². The van der Waals surface area contributed by atoms with Gasteiger partial charge >= 0.3 is 5.63 Å². The van der Waals surface area contributed by atoms with Crippen LogP contribution in [0.1, 0.15) is 11.1 Å². The number of hydrogen-bond acceptors (Lipinski definition) is 5. The molecule has 0 aliphatic rings. The Balaban J connectivity index is 1.74. The van der Waals surface area contributed by atoms with E-state index < -0.39 is 5.63 Å². The van der Waals surface area contributed by atoms with Gasteiger partial charge in [-0.3, -0.25) is 9.59 Å². The first-order chi connectivity index (χ1) is 13.9. The lowest BCUT2D eigenvalue weighted by Gasteiger charge is -2.10. The largest absolute Gasteiger partial charge is 0.423 e. The number of amides is 2. The average molecular weight is 415 g/mol. The molecule has 1 aromatic heterocycles. The Bertz CT molecular complexity index is 1140. The van der Waals surface area contributed by atoms with Crippen molar-refractivity contribution in [1.29, 1.82) is 0 Å². The second-order valence-electron chi connectivity index (χ2n) is 6.49. The first-order valence-corrected chi connectivity index (χ1v) is 9.15. The molecule has 0 fully saturated rings. The van der Waals surface area contributed by atoms with E-state index in [2.05, 4.69) is 10.6 Å². The zero-order chi connectivity index (χ0) is 21.0.